The molecular formula is C12H22N4O. The largest absolute Gasteiger partial charge is 0.350 e. The maximum absolute atomic E-state index is 11.9. The van der Waals surface area contributed by atoms with Crippen molar-refractivity contribution in [1.82, 2.24) is 15.1 Å². The molecule has 0 aromatic carbocycles. The highest BCUT2D eigenvalue weighted by atomic mass is 16.1. The van der Waals surface area contributed by atoms with Gasteiger partial charge in [0.1, 0.15) is 0 Å². The van der Waals surface area contributed by atoms with Crippen molar-refractivity contribution in [3.8, 4) is 0 Å². The monoisotopic (exact) mass is 238 g/mol. The van der Waals surface area contributed by atoms with Crippen molar-refractivity contribution in [2.45, 2.75) is 39.7 Å². The van der Waals surface area contributed by atoms with Gasteiger partial charge >= 0.3 is 0 Å². The van der Waals surface area contributed by atoms with Crippen LogP contribution in [0.2, 0.25) is 0 Å². The van der Waals surface area contributed by atoms with Gasteiger partial charge in [-0.15, -0.1) is 0 Å². The van der Waals surface area contributed by atoms with Gasteiger partial charge in [0.15, 0.2) is 0 Å². The van der Waals surface area contributed by atoms with Crippen LogP contribution in [0, 0.1) is 13.8 Å². The number of carbonyl (C=O) groups excluding carboxylic acids is 1. The zero-order valence-electron chi connectivity index (χ0n) is 11.3. The van der Waals surface area contributed by atoms with Crippen LogP contribution >= 0.6 is 0 Å². The number of hydrogen-bond acceptors (Lipinski definition) is 3. The summed E-state index contributed by atoms with van der Waals surface area (Å²) >= 11 is 0. The molecule has 0 spiro atoms. The zero-order chi connectivity index (χ0) is 13.2. The van der Waals surface area contributed by atoms with Crippen LogP contribution in [0.5, 0.6) is 0 Å². The summed E-state index contributed by atoms with van der Waals surface area (Å²) in [5.41, 5.74) is 8.16. The number of rotatable bonds is 4. The maximum atomic E-state index is 11.9. The van der Waals surface area contributed by atoms with Crippen LogP contribution in [0.3, 0.4) is 0 Å². The predicted molar refractivity (Wildman–Crippen MR) is 67.7 cm³/mol. The normalized spacial score (nSPS) is 11.6. The van der Waals surface area contributed by atoms with Gasteiger partial charge in [-0.1, -0.05) is 0 Å². The van der Waals surface area contributed by atoms with Gasteiger partial charge in [-0.25, -0.2) is 0 Å². The fourth-order valence-corrected chi connectivity index (χ4v) is 1.71. The Balaban J connectivity index is 2.75. The van der Waals surface area contributed by atoms with E-state index in [0.29, 0.717) is 13.0 Å². The van der Waals surface area contributed by atoms with Crippen LogP contribution in [0.25, 0.3) is 0 Å². The lowest BCUT2D eigenvalue weighted by Crippen LogP contribution is -2.49. The highest BCUT2D eigenvalue weighted by Crippen LogP contribution is 2.13. The first-order valence-electron chi connectivity index (χ1n) is 5.77. The van der Waals surface area contributed by atoms with Crippen molar-refractivity contribution < 1.29 is 4.79 Å². The average molecular weight is 238 g/mol. The summed E-state index contributed by atoms with van der Waals surface area (Å²) in [6, 6.07) is 0. The molecule has 0 atom stereocenters. The smallest absolute Gasteiger partial charge is 0.225 e. The molecular weight excluding hydrogens is 216 g/mol. The van der Waals surface area contributed by atoms with E-state index in [-0.39, 0.29) is 11.4 Å². The molecule has 0 radical (unpaired) electrons. The van der Waals surface area contributed by atoms with Crippen LogP contribution in [0.1, 0.15) is 30.8 Å². The van der Waals surface area contributed by atoms with E-state index in [0.717, 1.165) is 17.0 Å². The first-order chi connectivity index (χ1) is 7.76. The van der Waals surface area contributed by atoms with E-state index >= 15 is 0 Å². The Bertz CT molecular complexity index is 420. The van der Waals surface area contributed by atoms with Gasteiger partial charge in [0.25, 0.3) is 0 Å². The minimum Gasteiger partial charge on any atom is -0.350 e. The molecule has 5 heteroatoms. The summed E-state index contributed by atoms with van der Waals surface area (Å²) < 4.78 is 1.80. The predicted octanol–water partition coefficient (Wildman–Crippen LogP) is 0.433. The number of amides is 1. The lowest BCUT2D eigenvalue weighted by atomic mass is 10.0. The van der Waals surface area contributed by atoms with Crippen molar-refractivity contribution in [2.24, 2.45) is 12.8 Å². The van der Waals surface area contributed by atoms with E-state index in [1.165, 1.54) is 0 Å². The van der Waals surface area contributed by atoms with E-state index in [1.807, 2.05) is 34.7 Å². The summed E-state index contributed by atoms with van der Waals surface area (Å²) in [4.78, 5) is 11.9. The Hall–Kier alpha value is -1.36. The molecule has 1 rings (SSSR count). The standard InChI is InChI=1S/C12H22N4O/c1-8-10(9(2)16(5)15-8)6-11(17)14-12(3,4)7-13/h6-7,13H2,1-5H3,(H,14,17). The van der Waals surface area contributed by atoms with E-state index in [4.69, 9.17) is 5.73 Å². The van der Waals surface area contributed by atoms with E-state index < -0.39 is 0 Å². The second-order valence-electron chi connectivity index (χ2n) is 5.09. The van der Waals surface area contributed by atoms with Crippen molar-refractivity contribution in [2.75, 3.05) is 6.54 Å². The molecule has 0 bridgehead atoms. The summed E-state index contributed by atoms with van der Waals surface area (Å²) in [7, 11) is 1.88. The molecule has 0 aliphatic heterocycles. The van der Waals surface area contributed by atoms with Gasteiger partial charge in [-0.2, -0.15) is 5.10 Å². The molecule has 1 amide bonds. The number of nitrogens with one attached hydrogen (secondary N) is 1. The fraction of sp³-hybridized carbons (Fsp3) is 0.667. The number of aromatic nitrogens is 2. The summed E-state index contributed by atoms with van der Waals surface area (Å²) in [5, 5.41) is 7.21. The third-order valence-electron chi connectivity index (χ3n) is 2.98. The summed E-state index contributed by atoms with van der Waals surface area (Å²) in [6.45, 7) is 8.13. The van der Waals surface area contributed by atoms with E-state index in [2.05, 4.69) is 10.4 Å². The van der Waals surface area contributed by atoms with Crippen LogP contribution in [0.4, 0.5) is 0 Å². The molecule has 0 saturated carbocycles. The topological polar surface area (TPSA) is 72.9 Å². The molecule has 0 saturated heterocycles. The minimum absolute atomic E-state index is 0.0142. The summed E-state index contributed by atoms with van der Waals surface area (Å²) in [5.74, 6) is -0.0142. The minimum atomic E-state index is -0.360. The maximum Gasteiger partial charge on any atom is 0.225 e. The molecule has 96 valence electrons. The molecule has 5 nitrogen and oxygen atoms in total. The molecule has 3 N–H and O–H groups in total. The lowest BCUT2D eigenvalue weighted by Gasteiger charge is -2.24. The van der Waals surface area contributed by atoms with Crippen molar-refractivity contribution in [3.05, 3.63) is 17.0 Å². The zero-order valence-corrected chi connectivity index (χ0v) is 11.3. The van der Waals surface area contributed by atoms with E-state index in [9.17, 15) is 4.79 Å². The Morgan fingerprint density at radius 2 is 2.06 bits per heavy atom. The molecule has 1 heterocycles. The fourth-order valence-electron chi connectivity index (χ4n) is 1.71. The summed E-state index contributed by atoms with van der Waals surface area (Å²) in [6.07, 6.45) is 0.356. The second-order valence-corrected chi connectivity index (χ2v) is 5.09. The van der Waals surface area contributed by atoms with Crippen molar-refractivity contribution >= 4 is 5.91 Å². The van der Waals surface area contributed by atoms with Crippen molar-refractivity contribution in [1.29, 1.82) is 0 Å². The number of nitrogens with two attached hydrogens (primary N) is 1. The van der Waals surface area contributed by atoms with E-state index in [1.54, 1.807) is 4.68 Å². The SMILES string of the molecule is Cc1nn(C)c(C)c1CC(=O)NC(C)(C)CN. The number of hydrogen-bond donors (Lipinski definition) is 2. The molecule has 0 unspecified atom stereocenters. The molecule has 0 aliphatic rings. The van der Waals surface area contributed by atoms with Crippen LogP contribution in [0.15, 0.2) is 0 Å². The highest BCUT2D eigenvalue weighted by molar-refractivity contribution is 5.79. The first kappa shape index (κ1) is 13.7. The molecule has 17 heavy (non-hydrogen) atoms. The first-order valence-corrected chi connectivity index (χ1v) is 5.77. The van der Waals surface area contributed by atoms with Crippen LogP contribution in [-0.4, -0.2) is 27.8 Å². The van der Waals surface area contributed by atoms with Gasteiger partial charge < -0.3 is 11.1 Å². The third kappa shape index (κ3) is 3.30. The van der Waals surface area contributed by atoms with Crippen molar-refractivity contribution in [3.63, 3.8) is 0 Å². The molecule has 1 aromatic heterocycles. The molecule has 0 aliphatic carbocycles. The number of nitrogens with zero attached hydrogens (tertiary/aromatic N) is 2. The van der Waals surface area contributed by atoms with Crippen LogP contribution in [-0.2, 0) is 18.3 Å². The Morgan fingerprint density at radius 1 is 1.47 bits per heavy atom. The average Bonchev–Trinajstić information content (AvgIpc) is 2.44. The lowest BCUT2D eigenvalue weighted by molar-refractivity contribution is -0.121. The van der Waals surface area contributed by atoms with Gasteiger partial charge in [0, 0.05) is 30.4 Å². The number of carbonyl (C=O) groups is 1. The van der Waals surface area contributed by atoms with Crippen LogP contribution < -0.4 is 11.1 Å². The molecule has 0 fully saturated rings. The quantitative estimate of drug-likeness (QED) is 0.799. The van der Waals surface area contributed by atoms with Gasteiger partial charge in [-0.05, 0) is 27.7 Å². The second kappa shape index (κ2) is 4.87. The van der Waals surface area contributed by atoms with Gasteiger partial charge in [0.05, 0.1) is 12.1 Å². The van der Waals surface area contributed by atoms with Gasteiger partial charge in [-0.3, -0.25) is 9.48 Å². The Kier molecular flexibility index (Phi) is 3.93. The molecule has 1 aromatic rings. The third-order valence-corrected chi connectivity index (χ3v) is 2.98. The Labute approximate surface area is 102 Å². The highest BCUT2D eigenvalue weighted by Gasteiger charge is 2.20. The Morgan fingerprint density at radius 3 is 2.47 bits per heavy atom. The van der Waals surface area contributed by atoms with Gasteiger partial charge in [0.2, 0.25) is 5.91 Å². The number of aryl methyl sites for hydroxylation is 2.